The van der Waals surface area contributed by atoms with E-state index in [0.29, 0.717) is 0 Å². The number of esters is 1. The van der Waals surface area contributed by atoms with Crippen molar-refractivity contribution in [1.82, 2.24) is 4.90 Å². The SMILES string of the molecule is CC1=C(C(=O)OC(C)(C)C)N2C(=O)C(Cl)(OC(C)C)[C@H]2S(=O)(=O)C1. The van der Waals surface area contributed by atoms with Gasteiger partial charge in [-0.15, -0.1) is 0 Å². The second-order valence-corrected chi connectivity index (χ2v) is 9.90. The maximum atomic E-state index is 12.5. The van der Waals surface area contributed by atoms with Crippen LogP contribution >= 0.6 is 11.6 Å². The third-order valence-electron chi connectivity index (χ3n) is 3.47. The van der Waals surface area contributed by atoms with Crippen LogP contribution in [0.25, 0.3) is 0 Å². The van der Waals surface area contributed by atoms with Crippen molar-refractivity contribution in [3.05, 3.63) is 11.3 Å². The first kappa shape index (κ1) is 19.2. The van der Waals surface area contributed by atoms with E-state index in [1.165, 1.54) is 6.92 Å². The van der Waals surface area contributed by atoms with Crippen LogP contribution in [-0.2, 0) is 28.9 Å². The fourth-order valence-electron chi connectivity index (χ4n) is 2.79. The van der Waals surface area contributed by atoms with E-state index in [9.17, 15) is 18.0 Å². The number of carbonyl (C=O) groups excluding carboxylic acids is 2. The van der Waals surface area contributed by atoms with Gasteiger partial charge in [-0.3, -0.25) is 9.69 Å². The molecule has 2 rings (SSSR count). The summed E-state index contributed by atoms with van der Waals surface area (Å²) in [4.78, 5) is 25.9. The van der Waals surface area contributed by atoms with E-state index in [2.05, 4.69) is 0 Å². The van der Waals surface area contributed by atoms with Gasteiger partial charge in [0.2, 0.25) is 0 Å². The van der Waals surface area contributed by atoms with Crippen LogP contribution in [0.4, 0.5) is 0 Å². The van der Waals surface area contributed by atoms with Gasteiger partial charge in [-0.2, -0.15) is 0 Å². The first-order chi connectivity index (χ1) is 10.7. The van der Waals surface area contributed by atoms with Crippen LogP contribution in [0.1, 0.15) is 41.5 Å². The molecular weight excluding hydrogens is 358 g/mol. The van der Waals surface area contributed by atoms with Gasteiger partial charge in [0.15, 0.2) is 15.2 Å². The molecule has 0 radical (unpaired) electrons. The fourth-order valence-corrected chi connectivity index (χ4v) is 5.60. The van der Waals surface area contributed by atoms with Crippen LogP contribution in [0.2, 0.25) is 0 Å². The van der Waals surface area contributed by atoms with Gasteiger partial charge in [0.1, 0.15) is 11.3 Å². The first-order valence-electron chi connectivity index (χ1n) is 7.56. The average molecular weight is 380 g/mol. The number of halogens is 1. The molecule has 0 saturated carbocycles. The minimum Gasteiger partial charge on any atom is -0.455 e. The highest BCUT2D eigenvalue weighted by molar-refractivity contribution is 7.92. The van der Waals surface area contributed by atoms with Crippen molar-refractivity contribution in [3.8, 4) is 0 Å². The molecular formula is C15H22ClNO6S. The van der Waals surface area contributed by atoms with Crippen molar-refractivity contribution in [2.24, 2.45) is 0 Å². The summed E-state index contributed by atoms with van der Waals surface area (Å²) < 4.78 is 35.7. The lowest BCUT2D eigenvalue weighted by Crippen LogP contribution is -2.76. The van der Waals surface area contributed by atoms with E-state index in [1.54, 1.807) is 34.6 Å². The van der Waals surface area contributed by atoms with Crippen molar-refractivity contribution >= 4 is 33.3 Å². The molecule has 1 amide bonds. The predicted octanol–water partition coefficient (Wildman–Crippen LogP) is 1.56. The lowest BCUT2D eigenvalue weighted by Gasteiger charge is -2.53. The highest BCUT2D eigenvalue weighted by atomic mass is 35.5. The molecule has 2 aliphatic rings. The Morgan fingerprint density at radius 2 is 1.92 bits per heavy atom. The van der Waals surface area contributed by atoms with Gasteiger partial charge in [-0.25, -0.2) is 13.2 Å². The zero-order chi connectivity index (χ0) is 18.7. The van der Waals surface area contributed by atoms with Gasteiger partial charge in [0, 0.05) is 0 Å². The third-order valence-corrected chi connectivity index (χ3v) is 6.11. The van der Waals surface area contributed by atoms with E-state index in [-0.39, 0.29) is 17.0 Å². The monoisotopic (exact) mass is 379 g/mol. The number of alkyl halides is 1. The predicted molar refractivity (Wildman–Crippen MR) is 87.8 cm³/mol. The molecule has 0 aromatic rings. The highest BCUT2D eigenvalue weighted by Crippen LogP contribution is 2.48. The Labute approximate surface area is 146 Å². The Balaban J connectivity index is 2.47. The summed E-state index contributed by atoms with van der Waals surface area (Å²) in [5.74, 6) is -1.91. The van der Waals surface area contributed by atoms with Crippen LogP contribution in [0.15, 0.2) is 11.3 Å². The van der Waals surface area contributed by atoms with Gasteiger partial charge in [-0.05, 0) is 47.1 Å². The highest BCUT2D eigenvalue weighted by Gasteiger charge is 2.70. The summed E-state index contributed by atoms with van der Waals surface area (Å²) in [6.07, 6.45) is -0.458. The average Bonchev–Trinajstić information content (AvgIpc) is 2.32. The molecule has 0 bridgehead atoms. The normalized spacial score (nSPS) is 29.4. The summed E-state index contributed by atoms with van der Waals surface area (Å²) in [6.45, 7) is 9.82. The number of fused-ring (bicyclic) bond motifs is 1. The van der Waals surface area contributed by atoms with Crippen LogP contribution in [-0.4, -0.2) is 53.1 Å². The van der Waals surface area contributed by atoms with E-state index < -0.39 is 43.9 Å². The number of rotatable bonds is 3. The summed E-state index contributed by atoms with van der Waals surface area (Å²) >= 11 is 6.19. The molecule has 0 spiro atoms. The molecule has 136 valence electrons. The number of carbonyl (C=O) groups is 2. The van der Waals surface area contributed by atoms with E-state index in [0.717, 1.165) is 4.90 Å². The summed E-state index contributed by atoms with van der Waals surface area (Å²) in [6, 6.07) is 0. The first-order valence-corrected chi connectivity index (χ1v) is 9.65. The summed E-state index contributed by atoms with van der Waals surface area (Å²) in [7, 11) is -3.79. The topological polar surface area (TPSA) is 90.0 Å². The Kier molecular flexibility index (Phi) is 4.57. The maximum absolute atomic E-state index is 12.5. The lowest BCUT2D eigenvalue weighted by molar-refractivity contribution is -0.180. The Morgan fingerprint density at radius 1 is 1.38 bits per heavy atom. The third kappa shape index (κ3) is 3.07. The van der Waals surface area contributed by atoms with Gasteiger partial charge >= 0.3 is 5.97 Å². The maximum Gasteiger partial charge on any atom is 0.355 e. The van der Waals surface area contributed by atoms with Crippen LogP contribution in [0.5, 0.6) is 0 Å². The van der Waals surface area contributed by atoms with E-state index in [4.69, 9.17) is 21.1 Å². The molecule has 1 saturated heterocycles. The minimum absolute atomic E-state index is 0.0709. The van der Waals surface area contributed by atoms with Crippen LogP contribution < -0.4 is 0 Å². The van der Waals surface area contributed by atoms with Crippen molar-refractivity contribution in [3.63, 3.8) is 0 Å². The minimum atomic E-state index is -3.79. The van der Waals surface area contributed by atoms with Crippen LogP contribution in [0.3, 0.4) is 0 Å². The summed E-state index contributed by atoms with van der Waals surface area (Å²) in [5, 5.41) is -3.45. The quantitative estimate of drug-likeness (QED) is 0.420. The number of sulfone groups is 1. The molecule has 0 aromatic carbocycles. The Morgan fingerprint density at radius 3 is 2.38 bits per heavy atom. The van der Waals surface area contributed by atoms with Crippen molar-refractivity contribution in [2.75, 3.05) is 5.75 Å². The van der Waals surface area contributed by atoms with Crippen molar-refractivity contribution in [2.45, 2.75) is 63.7 Å². The molecule has 7 nitrogen and oxygen atoms in total. The van der Waals surface area contributed by atoms with Crippen molar-refractivity contribution < 1.29 is 27.5 Å². The van der Waals surface area contributed by atoms with Crippen LogP contribution in [0, 0.1) is 0 Å². The van der Waals surface area contributed by atoms with Gasteiger partial charge in [0.25, 0.3) is 11.0 Å². The number of β-lactam (4-membered cyclic amide) rings is 1. The molecule has 0 N–H and O–H groups in total. The van der Waals surface area contributed by atoms with E-state index >= 15 is 0 Å². The second kappa shape index (κ2) is 5.71. The summed E-state index contributed by atoms with van der Waals surface area (Å²) in [5.41, 5.74) is -0.605. The Hall–Kier alpha value is -1.12. The lowest BCUT2D eigenvalue weighted by atomic mass is 10.0. The molecule has 2 atom stereocenters. The molecule has 0 aromatic heterocycles. The molecule has 0 aliphatic carbocycles. The van der Waals surface area contributed by atoms with Gasteiger partial charge in [0.05, 0.1) is 11.9 Å². The van der Waals surface area contributed by atoms with E-state index in [1.807, 2.05) is 0 Å². The molecule has 9 heteroatoms. The molecule has 2 heterocycles. The second-order valence-electron chi connectivity index (χ2n) is 7.28. The molecule has 1 unspecified atom stereocenters. The zero-order valence-corrected chi connectivity index (χ0v) is 16.1. The number of hydrogen-bond donors (Lipinski definition) is 0. The number of hydrogen-bond acceptors (Lipinski definition) is 6. The number of ether oxygens (including phenoxy) is 2. The fraction of sp³-hybridized carbons (Fsp3) is 0.733. The molecule has 1 fully saturated rings. The molecule has 24 heavy (non-hydrogen) atoms. The molecule has 2 aliphatic heterocycles. The Bertz CT molecular complexity index is 721. The standard InChI is InChI=1S/C15H22ClNO6S/c1-8(2)22-15(16)12(19)17-10(11(18)23-14(4,5)6)9(3)7-24(20,21)13(15)17/h8,13H,7H2,1-6H3/t13-,15?/m1/s1. The largest absolute Gasteiger partial charge is 0.455 e. The van der Waals surface area contributed by atoms with Crippen molar-refractivity contribution in [1.29, 1.82) is 0 Å². The van der Waals surface area contributed by atoms with Gasteiger partial charge < -0.3 is 9.47 Å². The number of nitrogens with zero attached hydrogens (tertiary/aromatic N) is 1. The number of amides is 1. The smallest absolute Gasteiger partial charge is 0.355 e. The van der Waals surface area contributed by atoms with Gasteiger partial charge in [-0.1, -0.05) is 11.6 Å². The zero-order valence-electron chi connectivity index (χ0n) is 14.5.